The molecule has 0 bridgehead atoms. The van der Waals surface area contributed by atoms with E-state index in [-0.39, 0.29) is 5.96 Å². The van der Waals surface area contributed by atoms with Crippen molar-refractivity contribution in [2.24, 2.45) is 16.6 Å². The third kappa shape index (κ3) is 5.75. The summed E-state index contributed by atoms with van der Waals surface area (Å²) in [5, 5.41) is 0. The van der Waals surface area contributed by atoms with Gasteiger partial charge in [-0.15, -0.1) is 0 Å². The molecule has 1 amide bonds. The Morgan fingerprint density at radius 3 is 2.69 bits per heavy atom. The minimum absolute atomic E-state index is 0.241. The van der Waals surface area contributed by atoms with E-state index in [1.807, 2.05) is 18.2 Å². The lowest BCUT2D eigenvalue weighted by Gasteiger charge is -2.33. The lowest BCUT2D eigenvalue weighted by Crippen LogP contribution is -2.41. The molecular weight excluding hydrogens is 326 g/mol. The lowest BCUT2D eigenvalue weighted by atomic mass is 9.80. The summed E-state index contributed by atoms with van der Waals surface area (Å²) in [5.74, 6) is 1.78. The van der Waals surface area contributed by atoms with Crippen molar-refractivity contribution in [3.05, 3.63) is 29.8 Å². The number of hydrogen-bond acceptors (Lipinski definition) is 3. The quantitative estimate of drug-likeness (QED) is 0.436. The third-order valence-corrected chi connectivity index (χ3v) is 5.25. The number of hydrogen-bond donors (Lipinski definition) is 1. The number of benzene rings is 1. The molecule has 1 aromatic carbocycles. The zero-order valence-corrected chi connectivity index (χ0v) is 16.4. The predicted molar refractivity (Wildman–Crippen MR) is 106 cm³/mol. The van der Waals surface area contributed by atoms with Crippen LogP contribution < -0.4 is 10.5 Å². The van der Waals surface area contributed by atoms with Gasteiger partial charge in [0, 0.05) is 7.05 Å². The number of aryl methyl sites for hydroxylation is 1. The number of guanidine groups is 1. The Hall–Kier alpha value is -2.04. The molecular formula is C21H33N3O2. The first kappa shape index (κ1) is 20.3. The van der Waals surface area contributed by atoms with Gasteiger partial charge in [0.25, 0.3) is 0 Å². The van der Waals surface area contributed by atoms with Crippen LogP contribution in [0.1, 0.15) is 57.9 Å². The van der Waals surface area contributed by atoms with Gasteiger partial charge in [0.05, 0.1) is 5.54 Å². The molecule has 0 saturated heterocycles. The van der Waals surface area contributed by atoms with Crippen molar-refractivity contribution in [2.45, 2.75) is 64.3 Å². The summed E-state index contributed by atoms with van der Waals surface area (Å²) in [4.78, 5) is 17.0. The molecule has 1 unspecified atom stereocenters. The van der Waals surface area contributed by atoms with Gasteiger partial charge in [-0.05, 0) is 37.3 Å². The smallest absolute Gasteiger partial charge is 0.216 e. The first-order valence-electron chi connectivity index (χ1n) is 9.71. The molecule has 2 N–H and O–H groups in total. The predicted octanol–water partition coefficient (Wildman–Crippen LogP) is 3.76. The minimum Gasteiger partial charge on any atom is -0.491 e. The minimum atomic E-state index is -0.454. The van der Waals surface area contributed by atoms with Crippen molar-refractivity contribution in [3.8, 4) is 5.75 Å². The molecule has 2 rings (SSSR count). The van der Waals surface area contributed by atoms with Gasteiger partial charge in [0.1, 0.15) is 12.4 Å². The van der Waals surface area contributed by atoms with Gasteiger partial charge in [-0.2, -0.15) is 0 Å². The first-order valence-corrected chi connectivity index (χ1v) is 9.71. The molecule has 26 heavy (non-hydrogen) atoms. The average molecular weight is 360 g/mol. The van der Waals surface area contributed by atoms with Crippen LogP contribution in [-0.4, -0.2) is 36.5 Å². The summed E-state index contributed by atoms with van der Waals surface area (Å²) in [6.07, 6.45) is 8.91. The van der Waals surface area contributed by atoms with Crippen LogP contribution in [0.2, 0.25) is 0 Å². The van der Waals surface area contributed by atoms with Crippen molar-refractivity contribution in [3.63, 3.8) is 0 Å². The fraction of sp³-hybridized carbons (Fsp3) is 0.619. The van der Waals surface area contributed by atoms with Crippen molar-refractivity contribution >= 4 is 12.4 Å². The van der Waals surface area contributed by atoms with Gasteiger partial charge in [-0.3, -0.25) is 9.69 Å². The summed E-state index contributed by atoms with van der Waals surface area (Å²) in [5.41, 5.74) is 6.77. The second kappa shape index (κ2) is 9.60. The number of rotatable bonds is 8. The van der Waals surface area contributed by atoms with E-state index in [2.05, 4.69) is 19.9 Å². The highest BCUT2D eigenvalue weighted by molar-refractivity contribution is 5.87. The van der Waals surface area contributed by atoms with Gasteiger partial charge in [0.15, 0.2) is 5.96 Å². The molecule has 1 aliphatic rings. The van der Waals surface area contributed by atoms with Crippen LogP contribution in [0.3, 0.4) is 0 Å². The maximum absolute atomic E-state index is 11.0. The van der Waals surface area contributed by atoms with Crippen molar-refractivity contribution in [1.82, 2.24) is 4.90 Å². The maximum atomic E-state index is 11.0. The molecule has 1 saturated carbocycles. The molecule has 144 valence electrons. The van der Waals surface area contributed by atoms with E-state index in [0.29, 0.717) is 18.9 Å². The molecule has 1 aromatic rings. The Morgan fingerprint density at radius 2 is 2.04 bits per heavy atom. The van der Waals surface area contributed by atoms with Crippen molar-refractivity contribution in [2.75, 3.05) is 13.7 Å². The van der Waals surface area contributed by atoms with Crippen molar-refractivity contribution < 1.29 is 9.53 Å². The third-order valence-electron chi connectivity index (χ3n) is 5.25. The lowest BCUT2D eigenvalue weighted by molar-refractivity contribution is -0.114. The largest absolute Gasteiger partial charge is 0.491 e. The van der Waals surface area contributed by atoms with Crippen LogP contribution in [-0.2, 0) is 11.2 Å². The number of para-hydroxylation sites is 1. The molecule has 5 nitrogen and oxygen atoms in total. The molecule has 0 aromatic heterocycles. The second-order valence-corrected chi connectivity index (χ2v) is 7.64. The number of ether oxygens (including phenoxy) is 1. The van der Waals surface area contributed by atoms with E-state index < -0.39 is 5.54 Å². The molecule has 1 fully saturated rings. The Balaban J connectivity index is 2.17. The van der Waals surface area contributed by atoms with Crippen LogP contribution in [0.4, 0.5) is 0 Å². The van der Waals surface area contributed by atoms with Crippen LogP contribution in [0.25, 0.3) is 0 Å². The molecule has 1 aliphatic carbocycles. The molecule has 0 radical (unpaired) electrons. The van der Waals surface area contributed by atoms with E-state index in [9.17, 15) is 4.79 Å². The summed E-state index contributed by atoms with van der Waals surface area (Å²) >= 11 is 0. The fourth-order valence-corrected chi connectivity index (χ4v) is 3.73. The van der Waals surface area contributed by atoms with Crippen LogP contribution >= 0.6 is 0 Å². The monoisotopic (exact) mass is 359 g/mol. The summed E-state index contributed by atoms with van der Waals surface area (Å²) in [7, 11) is 1.63. The molecule has 5 heteroatoms. The standard InChI is InChI=1S/C21H33N3O2/c1-4-18-12-8-9-13-19(18)26-15-21(2,23-20(22)24(3)16-25)14-17-10-6-5-7-11-17/h8-9,12-13,16-17H,4-7,10-11,14-15H2,1-3H3,(H2,22,23). The first-order chi connectivity index (χ1) is 12.5. The molecule has 0 aliphatic heterocycles. The summed E-state index contributed by atoms with van der Waals surface area (Å²) in [6.45, 7) is 4.66. The van der Waals surface area contributed by atoms with Gasteiger partial charge in [-0.1, -0.05) is 57.2 Å². The maximum Gasteiger partial charge on any atom is 0.216 e. The topological polar surface area (TPSA) is 67.9 Å². The van der Waals surface area contributed by atoms with Gasteiger partial charge in [0.2, 0.25) is 6.41 Å². The number of amides is 1. The number of carbonyl (C=O) groups excluding carboxylic acids is 1. The van der Waals surface area contributed by atoms with Gasteiger partial charge in [-0.25, -0.2) is 4.99 Å². The summed E-state index contributed by atoms with van der Waals surface area (Å²) in [6, 6.07) is 8.11. The summed E-state index contributed by atoms with van der Waals surface area (Å²) < 4.78 is 6.18. The number of carbonyl (C=O) groups is 1. The zero-order chi connectivity index (χ0) is 19.0. The van der Waals surface area contributed by atoms with Crippen LogP contribution in [0.15, 0.2) is 29.3 Å². The Morgan fingerprint density at radius 1 is 1.35 bits per heavy atom. The van der Waals surface area contributed by atoms with E-state index in [4.69, 9.17) is 15.5 Å². The SMILES string of the molecule is CCc1ccccc1OCC(C)(CC1CCCCC1)N=C(N)N(C)C=O. The zero-order valence-electron chi connectivity index (χ0n) is 16.4. The normalized spacial score (nSPS) is 18.2. The highest BCUT2D eigenvalue weighted by atomic mass is 16.5. The van der Waals surface area contributed by atoms with E-state index in [0.717, 1.165) is 18.6 Å². The molecule has 0 spiro atoms. The highest BCUT2D eigenvalue weighted by Gasteiger charge is 2.30. The number of nitrogens with zero attached hydrogens (tertiary/aromatic N) is 2. The van der Waals surface area contributed by atoms with Gasteiger partial charge >= 0.3 is 0 Å². The van der Waals surface area contributed by atoms with E-state index in [1.165, 1.54) is 42.6 Å². The molecule has 0 heterocycles. The Bertz CT molecular complexity index is 611. The second-order valence-electron chi connectivity index (χ2n) is 7.64. The number of nitrogens with two attached hydrogens (primary N) is 1. The molecule has 1 atom stereocenters. The fourth-order valence-electron chi connectivity index (χ4n) is 3.73. The average Bonchev–Trinajstić information content (AvgIpc) is 2.66. The van der Waals surface area contributed by atoms with Crippen molar-refractivity contribution in [1.29, 1.82) is 0 Å². The van der Waals surface area contributed by atoms with Gasteiger partial charge < -0.3 is 10.5 Å². The number of aliphatic imine (C=N–C) groups is 1. The van der Waals surface area contributed by atoms with E-state index in [1.54, 1.807) is 7.05 Å². The Kier molecular flexibility index (Phi) is 7.49. The van der Waals surface area contributed by atoms with Crippen LogP contribution in [0.5, 0.6) is 5.75 Å². The van der Waals surface area contributed by atoms with E-state index >= 15 is 0 Å². The van der Waals surface area contributed by atoms with Crippen LogP contribution in [0, 0.1) is 5.92 Å². The Labute approximate surface area is 157 Å². The highest BCUT2D eigenvalue weighted by Crippen LogP contribution is 2.33.